The van der Waals surface area contributed by atoms with Crippen molar-refractivity contribution in [1.29, 1.82) is 0 Å². The molecule has 1 aromatic heterocycles. The number of carbonyl (C=O) groups is 2. The zero-order chi connectivity index (χ0) is 35.0. The van der Waals surface area contributed by atoms with Crippen LogP contribution < -0.4 is 21.3 Å². The SMILES string of the molecule is C=C(CNC(=O)C(Cc1c[nH]c2ccccc12)NC(=O)C1CCNCC1)N/C=C(\C)c1ccccc1.CC.Cc1ccc2ccccc2c1. The number of hydrogen-bond donors (Lipinski definition) is 5. The van der Waals surface area contributed by atoms with E-state index in [1.54, 1.807) is 0 Å². The number of benzene rings is 4. The van der Waals surface area contributed by atoms with Gasteiger partial charge in [-0.2, -0.15) is 0 Å². The van der Waals surface area contributed by atoms with Gasteiger partial charge in [-0.15, -0.1) is 0 Å². The van der Waals surface area contributed by atoms with Crippen LogP contribution in [0.2, 0.25) is 0 Å². The predicted octanol–water partition coefficient (Wildman–Crippen LogP) is 7.65. The van der Waals surface area contributed by atoms with E-state index in [1.807, 2.05) is 87.8 Å². The summed E-state index contributed by atoms with van der Waals surface area (Å²) >= 11 is 0. The molecule has 1 saturated heterocycles. The monoisotopic (exact) mass is 657 g/mol. The van der Waals surface area contributed by atoms with Gasteiger partial charge < -0.3 is 26.3 Å². The molecule has 1 atom stereocenters. The summed E-state index contributed by atoms with van der Waals surface area (Å²) in [5, 5.41) is 16.1. The molecule has 1 unspecified atom stereocenters. The number of fused-ring (bicyclic) bond motifs is 2. The smallest absolute Gasteiger partial charge is 0.243 e. The third kappa shape index (κ3) is 10.9. The minimum Gasteiger partial charge on any atom is -0.364 e. The maximum atomic E-state index is 13.3. The topological polar surface area (TPSA) is 98.1 Å². The molecule has 5 N–H and O–H groups in total. The van der Waals surface area contributed by atoms with Gasteiger partial charge in [-0.3, -0.25) is 9.59 Å². The summed E-state index contributed by atoms with van der Waals surface area (Å²) in [6.45, 7) is 14.1. The van der Waals surface area contributed by atoms with E-state index in [9.17, 15) is 9.59 Å². The second-order valence-electron chi connectivity index (χ2n) is 12.2. The first-order chi connectivity index (χ1) is 23.9. The molecule has 0 spiro atoms. The van der Waals surface area contributed by atoms with E-state index in [2.05, 4.69) is 82.2 Å². The van der Waals surface area contributed by atoms with Crippen LogP contribution in [0.3, 0.4) is 0 Å². The second kappa shape index (κ2) is 19.0. The van der Waals surface area contributed by atoms with Gasteiger partial charge in [0.1, 0.15) is 6.04 Å². The summed E-state index contributed by atoms with van der Waals surface area (Å²) in [6.07, 6.45) is 5.76. The van der Waals surface area contributed by atoms with Gasteiger partial charge in [-0.05, 0) is 73.3 Å². The van der Waals surface area contributed by atoms with Gasteiger partial charge in [-0.25, -0.2) is 0 Å². The maximum absolute atomic E-state index is 13.3. The third-order valence-corrected chi connectivity index (χ3v) is 8.54. The molecule has 4 aromatic carbocycles. The zero-order valence-electron chi connectivity index (χ0n) is 29.3. The van der Waals surface area contributed by atoms with Crippen molar-refractivity contribution in [1.82, 2.24) is 26.3 Å². The van der Waals surface area contributed by atoms with Crippen LogP contribution in [0, 0.1) is 12.8 Å². The fourth-order valence-corrected chi connectivity index (χ4v) is 5.77. The van der Waals surface area contributed by atoms with E-state index in [4.69, 9.17) is 0 Å². The Kier molecular flexibility index (Phi) is 14.2. The molecule has 0 saturated carbocycles. The number of carbonyl (C=O) groups excluding carboxylic acids is 2. The number of para-hydroxylation sites is 1. The summed E-state index contributed by atoms with van der Waals surface area (Å²) in [5.74, 6) is -0.364. The molecular weight excluding hydrogens is 606 g/mol. The minimum absolute atomic E-state index is 0.0603. The van der Waals surface area contributed by atoms with Gasteiger partial charge in [0.25, 0.3) is 0 Å². The first-order valence-corrected chi connectivity index (χ1v) is 17.3. The van der Waals surface area contributed by atoms with Crippen LogP contribution in [0.25, 0.3) is 27.2 Å². The van der Waals surface area contributed by atoms with Gasteiger partial charge in [-0.1, -0.05) is 117 Å². The van der Waals surface area contributed by atoms with Crippen molar-refractivity contribution in [3.63, 3.8) is 0 Å². The molecule has 0 aliphatic carbocycles. The van der Waals surface area contributed by atoms with Crippen molar-refractivity contribution >= 4 is 39.1 Å². The molecule has 1 aliphatic heterocycles. The number of aryl methyl sites for hydroxylation is 1. The van der Waals surface area contributed by atoms with Crippen molar-refractivity contribution in [2.24, 2.45) is 5.92 Å². The summed E-state index contributed by atoms with van der Waals surface area (Å²) < 4.78 is 0. The fraction of sp³-hybridized carbons (Fsp3) is 0.286. The van der Waals surface area contributed by atoms with E-state index >= 15 is 0 Å². The van der Waals surface area contributed by atoms with Gasteiger partial charge in [0, 0.05) is 41.3 Å². The lowest BCUT2D eigenvalue weighted by molar-refractivity contribution is -0.131. The van der Waals surface area contributed by atoms with Crippen molar-refractivity contribution < 1.29 is 9.59 Å². The molecule has 5 aromatic rings. The van der Waals surface area contributed by atoms with E-state index in [0.29, 0.717) is 12.1 Å². The Labute approximate surface area is 291 Å². The van der Waals surface area contributed by atoms with Crippen LogP contribution in [-0.4, -0.2) is 42.5 Å². The second-order valence-corrected chi connectivity index (χ2v) is 12.2. The number of rotatable bonds is 10. The molecule has 0 bridgehead atoms. The predicted molar refractivity (Wildman–Crippen MR) is 205 cm³/mol. The lowest BCUT2D eigenvalue weighted by Gasteiger charge is -2.25. The van der Waals surface area contributed by atoms with Gasteiger partial charge in [0.2, 0.25) is 11.8 Å². The Balaban J connectivity index is 0.000000347. The molecule has 2 amide bonds. The van der Waals surface area contributed by atoms with Crippen molar-refractivity contribution in [2.45, 2.75) is 53.0 Å². The van der Waals surface area contributed by atoms with Crippen LogP contribution in [0.5, 0.6) is 0 Å². The number of allylic oxidation sites excluding steroid dienone is 1. The van der Waals surface area contributed by atoms with E-state index in [-0.39, 0.29) is 24.3 Å². The van der Waals surface area contributed by atoms with Crippen LogP contribution in [0.4, 0.5) is 0 Å². The van der Waals surface area contributed by atoms with Gasteiger partial charge in [0.15, 0.2) is 0 Å². The molecular formula is C42H51N5O2. The van der Waals surface area contributed by atoms with E-state index in [1.165, 1.54) is 16.3 Å². The van der Waals surface area contributed by atoms with Crippen LogP contribution in [0.15, 0.2) is 122 Å². The lowest BCUT2D eigenvalue weighted by atomic mass is 9.96. The quantitative estimate of drug-likeness (QED) is 0.107. The molecule has 7 heteroatoms. The average Bonchev–Trinajstić information content (AvgIpc) is 3.56. The highest BCUT2D eigenvalue weighted by molar-refractivity contribution is 5.90. The van der Waals surface area contributed by atoms with Gasteiger partial charge in [0.05, 0.1) is 6.54 Å². The molecule has 256 valence electrons. The van der Waals surface area contributed by atoms with Crippen LogP contribution in [-0.2, 0) is 16.0 Å². The molecule has 0 radical (unpaired) electrons. The minimum atomic E-state index is -0.680. The van der Waals surface area contributed by atoms with E-state index < -0.39 is 6.04 Å². The van der Waals surface area contributed by atoms with Gasteiger partial charge >= 0.3 is 0 Å². The number of amides is 2. The molecule has 49 heavy (non-hydrogen) atoms. The first-order valence-electron chi connectivity index (χ1n) is 17.3. The Morgan fingerprint density at radius 1 is 0.898 bits per heavy atom. The van der Waals surface area contributed by atoms with Crippen LogP contribution in [0.1, 0.15) is 50.3 Å². The number of aromatic nitrogens is 1. The summed E-state index contributed by atoms with van der Waals surface area (Å²) in [5.41, 5.74) is 6.16. The van der Waals surface area contributed by atoms with E-state index in [0.717, 1.165) is 53.5 Å². The maximum Gasteiger partial charge on any atom is 0.243 e. The zero-order valence-corrected chi connectivity index (χ0v) is 29.3. The first kappa shape index (κ1) is 36.7. The standard InChI is InChI=1S/C29H35N5O2.C11H10.C2H6/c1-20(22-8-4-3-5-9-22)17-31-21(2)18-33-29(36)27(34-28(35)23-12-14-30-15-13-23)16-24-19-32-26-11-7-6-10-25(24)26;1-9-6-7-10-4-2-3-5-11(10)8-9;1-2/h3-11,17,19,23,27,30-32H,2,12-16,18H2,1H3,(H,33,36)(H,34,35);2-8H,1H3;1-2H3/b20-17+;;. The normalized spacial score (nSPS) is 13.7. The highest BCUT2D eigenvalue weighted by Gasteiger charge is 2.27. The number of aromatic amines is 1. The Morgan fingerprint density at radius 3 is 2.33 bits per heavy atom. The number of nitrogens with one attached hydrogen (secondary N) is 5. The third-order valence-electron chi connectivity index (χ3n) is 8.54. The summed E-state index contributed by atoms with van der Waals surface area (Å²) in [7, 11) is 0. The average molecular weight is 658 g/mol. The van der Waals surface area contributed by atoms with Crippen molar-refractivity contribution in [2.75, 3.05) is 19.6 Å². The molecule has 1 aliphatic rings. The molecule has 7 nitrogen and oxygen atoms in total. The molecule has 6 rings (SSSR count). The highest BCUT2D eigenvalue weighted by Crippen LogP contribution is 2.20. The number of hydrogen-bond acceptors (Lipinski definition) is 4. The number of H-pyrrole nitrogens is 1. The Hall–Kier alpha value is -5.14. The van der Waals surface area contributed by atoms with Crippen LogP contribution >= 0.6 is 0 Å². The van der Waals surface area contributed by atoms with Crippen molar-refractivity contribution in [3.05, 3.63) is 138 Å². The molecule has 1 fully saturated rings. The lowest BCUT2D eigenvalue weighted by Crippen LogP contribution is -2.51. The summed E-state index contributed by atoms with van der Waals surface area (Å²) in [6, 6.07) is 32.3. The highest BCUT2D eigenvalue weighted by atomic mass is 16.2. The Morgan fingerprint density at radius 2 is 1.57 bits per heavy atom. The largest absolute Gasteiger partial charge is 0.364 e. The molecule has 2 heterocycles. The number of piperidine rings is 1. The summed E-state index contributed by atoms with van der Waals surface area (Å²) in [4.78, 5) is 29.5. The fourth-order valence-electron chi connectivity index (χ4n) is 5.77. The Bertz CT molecular complexity index is 1840. The van der Waals surface area contributed by atoms with Crippen molar-refractivity contribution in [3.8, 4) is 0 Å².